The molecule has 0 aliphatic heterocycles. The number of esters is 1. The summed E-state index contributed by atoms with van der Waals surface area (Å²) >= 11 is 0. The van der Waals surface area contributed by atoms with Crippen molar-refractivity contribution in [2.45, 2.75) is 84.5 Å². The quantitative estimate of drug-likeness (QED) is 0.228. The minimum atomic E-state index is -1.16. The molecular weight excluding hydrogens is 567 g/mol. The van der Waals surface area contributed by atoms with E-state index in [1.165, 1.54) is 22.8 Å². The van der Waals surface area contributed by atoms with E-state index in [4.69, 9.17) is 14.2 Å². The number of aliphatic hydroxyl groups is 1. The number of hydrogen-bond acceptors (Lipinski definition) is 7. The van der Waals surface area contributed by atoms with Gasteiger partial charge in [0.25, 0.3) is 5.56 Å². The van der Waals surface area contributed by atoms with Gasteiger partial charge in [-0.25, -0.2) is 4.39 Å². The molecule has 1 aliphatic rings. The molecule has 9 nitrogen and oxygen atoms in total. The lowest BCUT2D eigenvalue weighted by Crippen LogP contribution is -2.40. The fourth-order valence-corrected chi connectivity index (χ4v) is 5.42. The van der Waals surface area contributed by atoms with Gasteiger partial charge in [0.15, 0.2) is 0 Å². The number of nitrogens with zero attached hydrogens (tertiary/aromatic N) is 1. The van der Waals surface area contributed by atoms with E-state index < -0.39 is 11.6 Å². The summed E-state index contributed by atoms with van der Waals surface area (Å²) in [4.78, 5) is 36.6. The third-order valence-electron chi connectivity index (χ3n) is 7.75. The van der Waals surface area contributed by atoms with Crippen molar-refractivity contribution in [3.05, 3.63) is 75.5 Å². The van der Waals surface area contributed by atoms with Gasteiger partial charge >= 0.3 is 5.97 Å². The highest BCUT2D eigenvalue weighted by atomic mass is 19.1. The van der Waals surface area contributed by atoms with Crippen molar-refractivity contribution < 1.29 is 33.3 Å². The summed E-state index contributed by atoms with van der Waals surface area (Å²) in [6, 6.07) is 9.50. The first-order valence-corrected chi connectivity index (χ1v) is 14.9. The number of amides is 1. The van der Waals surface area contributed by atoms with Gasteiger partial charge in [0, 0.05) is 36.5 Å². The number of aryl methyl sites for hydroxylation is 3. The Morgan fingerprint density at radius 3 is 2.30 bits per heavy atom. The van der Waals surface area contributed by atoms with Gasteiger partial charge in [0.2, 0.25) is 5.91 Å². The molecule has 0 spiro atoms. The summed E-state index contributed by atoms with van der Waals surface area (Å²) in [5.74, 6) is 0.0567. The molecule has 1 amide bonds. The van der Waals surface area contributed by atoms with Crippen LogP contribution in [0.5, 0.6) is 17.2 Å². The van der Waals surface area contributed by atoms with Gasteiger partial charge in [-0.05, 0) is 101 Å². The van der Waals surface area contributed by atoms with E-state index in [0.29, 0.717) is 70.7 Å². The second-order valence-electron chi connectivity index (χ2n) is 11.9. The maximum atomic E-state index is 14.0. The molecule has 236 valence electrons. The number of pyridine rings is 1. The minimum absolute atomic E-state index is 0.0921. The Hall–Kier alpha value is -4.18. The molecule has 2 aromatic carbocycles. The van der Waals surface area contributed by atoms with Crippen LogP contribution in [0, 0.1) is 19.7 Å². The summed E-state index contributed by atoms with van der Waals surface area (Å²) in [5.41, 5.74) is 1.66. The van der Waals surface area contributed by atoms with Crippen LogP contribution in [0.2, 0.25) is 0 Å². The van der Waals surface area contributed by atoms with E-state index in [0.717, 1.165) is 0 Å². The van der Waals surface area contributed by atoms with Crippen molar-refractivity contribution in [1.29, 1.82) is 0 Å². The second kappa shape index (κ2) is 13.6. The van der Waals surface area contributed by atoms with Gasteiger partial charge in [-0.1, -0.05) is 6.07 Å². The predicted molar refractivity (Wildman–Crippen MR) is 164 cm³/mol. The smallest absolute Gasteiger partial charge is 0.315 e. The Morgan fingerprint density at radius 1 is 1.02 bits per heavy atom. The SMILES string of the molecule is CCOC(=O)CC(=O)NC1CCC(Oc2cc(=O)n(C)cc2-c2cc(C(C)(C)O)ccc2Oc2c(C)cc(F)cc2C)CC1. The zero-order valence-corrected chi connectivity index (χ0v) is 26.2. The molecule has 2 N–H and O–H groups in total. The van der Waals surface area contributed by atoms with Gasteiger partial charge in [-0.15, -0.1) is 0 Å². The summed E-state index contributed by atoms with van der Waals surface area (Å²) in [6.45, 7) is 8.82. The maximum absolute atomic E-state index is 14.0. The van der Waals surface area contributed by atoms with E-state index in [9.17, 15) is 23.9 Å². The molecule has 1 saturated carbocycles. The largest absolute Gasteiger partial charge is 0.490 e. The van der Waals surface area contributed by atoms with Crippen LogP contribution in [0.25, 0.3) is 11.1 Å². The topological polar surface area (TPSA) is 116 Å². The fourth-order valence-electron chi connectivity index (χ4n) is 5.42. The number of benzene rings is 2. The highest BCUT2D eigenvalue weighted by molar-refractivity contribution is 5.94. The number of carbonyl (C=O) groups is 2. The average molecular weight is 609 g/mol. The predicted octanol–water partition coefficient (Wildman–Crippen LogP) is 5.59. The van der Waals surface area contributed by atoms with Crippen LogP contribution in [0.1, 0.15) is 69.6 Å². The van der Waals surface area contributed by atoms with E-state index >= 15 is 0 Å². The summed E-state index contributed by atoms with van der Waals surface area (Å²) in [7, 11) is 1.65. The van der Waals surface area contributed by atoms with Crippen LogP contribution in [0.3, 0.4) is 0 Å². The zero-order chi connectivity index (χ0) is 32.2. The first-order chi connectivity index (χ1) is 20.7. The maximum Gasteiger partial charge on any atom is 0.315 e. The molecule has 0 saturated heterocycles. The minimum Gasteiger partial charge on any atom is -0.490 e. The Labute approximate surface area is 257 Å². The zero-order valence-electron chi connectivity index (χ0n) is 26.2. The highest BCUT2D eigenvalue weighted by Gasteiger charge is 2.27. The summed E-state index contributed by atoms with van der Waals surface area (Å²) < 4.78 is 33.2. The van der Waals surface area contributed by atoms with Crippen molar-refractivity contribution in [3.8, 4) is 28.4 Å². The Bertz CT molecular complexity index is 1560. The normalized spacial score (nSPS) is 16.7. The molecule has 4 rings (SSSR count). The first kappa shape index (κ1) is 32.7. The lowest BCUT2D eigenvalue weighted by molar-refractivity contribution is -0.146. The lowest BCUT2D eigenvalue weighted by atomic mass is 9.92. The van der Waals surface area contributed by atoms with Crippen LogP contribution >= 0.6 is 0 Å². The number of rotatable bonds is 10. The molecule has 1 aromatic heterocycles. The number of nitrogens with one attached hydrogen (secondary N) is 1. The molecule has 3 aromatic rings. The highest BCUT2D eigenvalue weighted by Crippen LogP contribution is 2.42. The third-order valence-corrected chi connectivity index (χ3v) is 7.75. The van der Waals surface area contributed by atoms with Crippen LogP contribution in [0.4, 0.5) is 4.39 Å². The number of hydrogen-bond donors (Lipinski definition) is 2. The van der Waals surface area contributed by atoms with E-state index in [-0.39, 0.29) is 42.5 Å². The van der Waals surface area contributed by atoms with E-state index in [1.54, 1.807) is 60.0 Å². The molecule has 44 heavy (non-hydrogen) atoms. The Balaban J connectivity index is 1.63. The molecule has 0 radical (unpaired) electrons. The number of aromatic nitrogens is 1. The van der Waals surface area contributed by atoms with Gasteiger partial charge in [-0.2, -0.15) is 0 Å². The first-order valence-electron chi connectivity index (χ1n) is 14.9. The third kappa shape index (κ3) is 8.05. The van der Waals surface area contributed by atoms with Crippen molar-refractivity contribution in [1.82, 2.24) is 9.88 Å². The van der Waals surface area contributed by atoms with Crippen molar-refractivity contribution in [3.63, 3.8) is 0 Å². The van der Waals surface area contributed by atoms with Crippen LogP contribution in [0.15, 0.2) is 47.4 Å². The van der Waals surface area contributed by atoms with E-state index in [2.05, 4.69) is 5.32 Å². The van der Waals surface area contributed by atoms with Crippen molar-refractivity contribution >= 4 is 11.9 Å². The monoisotopic (exact) mass is 608 g/mol. The van der Waals surface area contributed by atoms with Gasteiger partial charge in [0.05, 0.1) is 18.3 Å². The summed E-state index contributed by atoms with van der Waals surface area (Å²) in [5, 5.41) is 13.7. The standard InChI is InChI=1S/C34H41FN2O7/c1-7-42-32(40)18-30(38)36-24-9-11-25(12-10-24)43-29-17-31(39)37(6)19-27(29)26-16-22(34(4,5)41)8-13-28(26)44-33-20(2)14-23(35)15-21(33)3/h8,13-17,19,24-25,41H,7,9-12,18H2,1-6H3,(H,36,38). The van der Waals surface area contributed by atoms with Crippen molar-refractivity contribution in [2.24, 2.45) is 7.05 Å². The van der Waals surface area contributed by atoms with Gasteiger partial charge in [-0.3, -0.25) is 14.4 Å². The molecule has 1 heterocycles. The Kier molecular flexibility index (Phi) is 10.1. The fraction of sp³-hybridized carbons (Fsp3) is 0.441. The molecular formula is C34H41FN2O7. The number of carbonyl (C=O) groups excluding carboxylic acids is 2. The van der Waals surface area contributed by atoms with Gasteiger partial charge in [0.1, 0.15) is 29.5 Å². The molecule has 1 fully saturated rings. The molecule has 0 unspecified atom stereocenters. The molecule has 10 heteroatoms. The summed E-state index contributed by atoms with van der Waals surface area (Å²) in [6.07, 6.45) is 3.68. The molecule has 0 atom stereocenters. The number of ether oxygens (including phenoxy) is 3. The molecule has 1 aliphatic carbocycles. The average Bonchev–Trinajstić information content (AvgIpc) is 2.93. The number of halogens is 1. The van der Waals surface area contributed by atoms with E-state index in [1.807, 2.05) is 6.07 Å². The molecule has 0 bridgehead atoms. The van der Waals surface area contributed by atoms with Crippen molar-refractivity contribution in [2.75, 3.05) is 6.61 Å². The van der Waals surface area contributed by atoms with Crippen LogP contribution in [-0.4, -0.2) is 40.3 Å². The van der Waals surface area contributed by atoms with Crippen LogP contribution < -0.4 is 20.3 Å². The van der Waals surface area contributed by atoms with Gasteiger partial charge < -0.3 is 29.2 Å². The Morgan fingerprint density at radius 2 is 1.68 bits per heavy atom. The second-order valence-corrected chi connectivity index (χ2v) is 11.9. The lowest BCUT2D eigenvalue weighted by Gasteiger charge is -2.30. The van der Waals surface area contributed by atoms with Crippen LogP contribution in [-0.2, 0) is 27.0 Å².